The molecule has 2 atom stereocenters. The molecule has 3 aromatic rings. The van der Waals surface area contributed by atoms with Crippen molar-refractivity contribution in [3.63, 3.8) is 0 Å². The van der Waals surface area contributed by atoms with E-state index in [2.05, 4.69) is 45.8 Å². The smallest absolute Gasteiger partial charge is 0.0487 e. The van der Waals surface area contributed by atoms with Crippen LogP contribution in [0.3, 0.4) is 0 Å². The molecule has 2 aromatic heterocycles. The van der Waals surface area contributed by atoms with Crippen LogP contribution in [0.2, 0.25) is 5.02 Å². The van der Waals surface area contributed by atoms with Crippen molar-refractivity contribution in [2.24, 2.45) is 0 Å². The summed E-state index contributed by atoms with van der Waals surface area (Å²) in [4.78, 5) is 6.71. The van der Waals surface area contributed by atoms with Crippen molar-refractivity contribution < 1.29 is 0 Å². The van der Waals surface area contributed by atoms with E-state index in [0.29, 0.717) is 12.1 Å². The van der Waals surface area contributed by atoms with E-state index in [9.17, 15) is 0 Å². The van der Waals surface area contributed by atoms with Gasteiger partial charge < -0.3 is 4.57 Å². The minimum absolute atomic E-state index is 0.553. The van der Waals surface area contributed by atoms with Gasteiger partial charge in [0.15, 0.2) is 0 Å². The average molecular weight is 352 g/mol. The fraction of sp³-hybridized carbons (Fsp3) is 0.381. The van der Waals surface area contributed by atoms with Crippen molar-refractivity contribution in [1.82, 2.24) is 14.5 Å². The Morgan fingerprint density at radius 2 is 2.00 bits per heavy atom. The highest BCUT2D eigenvalue weighted by Crippen LogP contribution is 2.47. The monoisotopic (exact) mass is 351 g/mol. The molecule has 0 amide bonds. The van der Waals surface area contributed by atoms with Crippen molar-refractivity contribution in [3.05, 3.63) is 64.6 Å². The van der Waals surface area contributed by atoms with Crippen molar-refractivity contribution in [2.75, 3.05) is 7.05 Å². The van der Waals surface area contributed by atoms with Crippen LogP contribution in [0.25, 0.3) is 10.9 Å². The van der Waals surface area contributed by atoms with Crippen molar-refractivity contribution in [1.29, 1.82) is 0 Å². The molecule has 25 heavy (non-hydrogen) atoms. The quantitative estimate of drug-likeness (QED) is 0.686. The topological polar surface area (TPSA) is 21.1 Å². The van der Waals surface area contributed by atoms with Crippen molar-refractivity contribution in [3.8, 4) is 0 Å². The predicted molar refractivity (Wildman–Crippen MR) is 102 cm³/mol. The van der Waals surface area contributed by atoms with Crippen LogP contribution in [0, 0.1) is 0 Å². The zero-order valence-corrected chi connectivity index (χ0v) is 15.2. The molecule has 2 aliphatic rings. The number of fused-ring (bicyclic) bond motifs is 6. The molecule has 5 rings (SSSR count). The summed E-state index contributed by atoms with van der Waals surface area (Å²) in [7, 11) is 2.29. The number of pyridine rings is 1. The first-order chi connectivity index (χ1) is 12.2. The Bertz CT molecular complexity index is 931. The number of halogens is 1. The van der Waals surface area contributed by atoms with Crippen LogP contribution in [0.1, 0.15) is 35.7 Å². The molecule has 2 unspecified atom stereocenters. The SMILES string of the molecule is CN1C2CCC1c1c(n(CCc3ccncc3)c3ccc(Cl)cc13)C2. The van der Waals surface area contributed by atoms with Gasteiger partial charge in [-0.15, -0.1) is 0 Å². The van der Waals surface area contributed by atoms with Gasteiger partial charge in [-0.3, -0.25) is 9.88 Å². The molecule has 2 aliphatic heterocycles. The highest BCUT2D eigenvalue weighted by Gasteiger charge is 2.40. The molecule has 0 radical (unpaired) electrons. The minimum Gasteiger partial charge on any atom is -0.344 e. The summed E-state index contributed by atoms with van der Waals surface area (Å²) < 4.78 is 2.56. The van der Waals surface area contributed by atoms with E-state index in [0.717, 1.165) is 24.4 Å². The van der Waals surface area contributed by atoms with Crippen LogP contribution in [0.4, 0.5) is 0 Å². The summed E-state index contributed by atoms with van der Waals surface area (Å²) in [6, 6.07) is 11.9. The number of rotatable bonds is 3. The molecule has 4 heteroatoms. The summed E-state index contributed by atoms with van der Waals surface area (Å²) in [5.74, 6) is 0. The second-order valence-corrected chi connectivity index (χ2v) is 7.83. The van der Waals surface area contributed by atoms with E-state index >= 15 is 0 Å². The van der Waals surface area contributed by atoms with Gasteiger partial charge in [0, 0.05) is 59.1 Å². The fourth-order valence-electron chi connectivity index (χ4n) is 4.87. The van der Waals surface area contributed by atoms with Gasteiger partial charge in [-0.25, -0.2) is 0 Å². The van der Waals surface area contributed by atoms with E-state index in [-0.39, 0.29) is 0 Å². The van der Waals surface area contributed by atoms with Gasteiger partial charge in [-0.2, -0.15) is 0 Å². The molecule has 0 aliphatic carbocycles. The lowest BCUT2D eigenvalue weighted by atomic mass is 9.97. The highest BCUT2D eigenvalue weighted by atomic mass is 35.5. The zero-order valence-electron chi connectivity index (χ0n) is 14.5. The molecular formula is C21H22ClN3. The first kappa shape index (κ1) is 15.4. The number of likely N-dealkylation sites (N-methyl/N-ethyl adjacent to an activating group) is 1. The van der Waals surface area contributed by atoms with Crippen molar-refractivity contribution >= 4 is 22.5 Å². The molecule has 1 saturated heterocycles. The predicted octanol–water partition coefficient (Wildman–Crippen LogP) is 4.62. The van der Waals surface area contributed by atoms with Gasteiger partial charge >= 0.3 is 0 Å². The van der Waals surface area contributed by atoms with Gasteiger partial charge in [0.05, 0.1) is 0 Å². The van der Waals surface area contributed by atoms with E-state index in [1.807, 2.05) is 18.5 Å². The van der Waals surface area contributed by atoms with Crippen LogP contribution in [0.5, 0.6) is 0 Å². The number of hydrogen-bond acceptors (Lipinski definition) is 2. The number of hydrogen-bond donors (Lipinski definition) is 0. The number of aryl methyl sites for hydroxylation is 2. The molecule has 1 fully saturated rings. The Hall–Kier alpha value is -1.84. The molecule has 3 nitrogen and oxygen atoms in total. The summed E-state index contributed by atoms with van der Waals surface area (Å²) in [5, 5.41) is 2.19. The zero-order chi connectivity index (χ0) is 17.0. The highest BCUT2D eigenvalue weighted by molar-refractivity contribution is 6.31. The summed E-state index contributed by atoms with van der Waals surface area (Å²) in [6.45, 7) is 1.01. The van der Waals surface area contributed by atoms with E-state index in [1.165, 1.54) is 40.6 Å². The summed E-state index contributed by atoms with van der Waals surface area (Å²) in [6.07, 6.45) is 8.53. The summed E-state index contributed by atoms with van der Waals surface area (Å²) >= 11 is 6.35. The van der Waals surface area contributed by atoms with E-state index in [1.54, 1.807) is 0 Å². The van der Waals surface area contributed by atoms with Gasteiger partial charge in [-0.05, 0) is 67.8 Å². The Morgan fingerprint density at radius 3 is 2.84 bits per heavy atom. The molecule has 0 saturated carbocycles. The first-order valence-corrected chi connectivity index (χ1v) is 9.51. The third-order valence-corrected chi connectivity index (χ3v) is 6.39. The maximum atomic E-state index is 6.35. The van der Waals surface area contributed by atoms with Gasteiger partial charge in [0.2, 0.25) is 0 Å². The first-order valence-electron chi connectivity index (χ1n) is 9.14. The van der Waals surface area contributed by atoms with Gasteiger partial charge in [0.25, 0.3) is 0 Å². The molecule has 2 bridgehead atoms. The second-order valence-electron chi connectivity index (χ2n) is 7.40. The molecule has 128 valence electrons. The fourth-order valence-corrected chi connectivity index (χ4v) is 5.04. The number of nitrogens with zero attached hydrogens (tertiary/aromatic N) is 3. The summed E-state index contributed by atoms with van der Waals surface area (Å²) in [5.41, 5.74) is 5.75. The lowest BCUT2D eigenvalue weighted by molar-refractivity contribution is 0.222. The second kappa shape index (κ2) is 5.86. The molecule has 0 N–H and O–H groups in total. The van der Waals surface area contributed by atoms with E-state index in [4.69, 9.17) is 11.6 Å². The van der Waals surface area contributed by atoms with Crippen LogP contribution < -0.4 is 0 Å². The largest absolute Gasteiger partial charge is 0.344 e. The standard InChI is InChI=1S/C21H22ClN3/c1-24-16-3-5-19(24)21-17-12-15(22)2-4-18(17)25(20(21)13-16)11-8-14-6-9-23-10-7-14/h2,4,6-7,9-10,12,16,19H,3,5,8,11,13H2,1H3. The molecular weight excluding hydrogens is 330 g/mol. The maximum absolute atomic E-state index is 6.35. The third-order valence-electron chi connectivity index (χ3n) is 6.15. The lowest BCUT2D eigenvalue weighted by Gasteiger charge is -2.32. The Morgan fingerprint density at radius 1 is 1.16 bits per heavy atom. The average Bonchev–Trinajstić information content (AvgIpc) is 3.04. The number of aromatic nitrogens is 2. The van der Waals surface area contributed by atoms with Crippen LogP contribution in [-0.4, -0.2) is 27.5 Å². The Labute approximate surface area is 153 Å². The Balaban J connectivity index is 1.62. The van der Waals surface area contributed by atoms with Crippen LogP contribution in [-0.2, 0) is 19.4 Å². The Kier molecular flexibility index (Phi) is 3.61. The lowest BCUT2D eigenvalue weighted by Crippen LogP contribution is -2.34. The molecule has 4 heterocycles. The third kappa shape index (κ3) is 2.41. The van der Waals surface area contributed by atoms with E-state index < -0.39 is 0 Å². The minimum atomic E-state index is 0.553. The van der Waals surface area contributed by atoms with Crippen LogP contribution in [0.15, 0.2) is 42.7 Å². The molecule has 0 spiro atoms. The van der Waals surface area contributed by atoms with Gasteiger partial charge in [-0.1, -0.05) is 11.6 Å². The normalized spacial score (nSPS) is 22.5. The van der Waals surface area contributed by atoms with Crippen LogP contribution >= 0.6 is 11.6 Å². The molecule has 1 aromatic carbocycles. The number of benzene rings is 1. The maximum Gasteiger partial charge on any atom is 0.0487 e. The van der Waals surface area contributed by atoms with Crippen molar-refractivity contribution in [2.45, 2.75) is 44.3 Å². The van der Waals surface area contributed by atoms with Gasteiger partial charge in [0.1, 0.15) is 0 Å².